The number of nitrogens with zero attached hydrogens (tertiary/aromatic N) is 1. The maximum Gasteiger partial charge on any atom is 0.319 e. The lowest BCUT2D eigenvalue weighted by Crippen LogP contribution is -2.67. The summed E-state index contributed by atoms with van der Waals surface area (Å²) in [6.45, 7) is 6.86. The zero-order valence-electron chi connectivity index (χ0n) is 26.2. The highest BCUT2D eigenvalue weighted by molar-refractivity contribution is 5.92. The number of H-pyrrole nitrogens is 1. The van der Waals surface area contributed by atoms with Crippen LogP contribution in [-0.4, -0.2) is 61.3 Å². The van der Waals surface area contributed by atoms with Gasteiger partial charge in [0.15, 0.2) is 0 Å². The number of benzene rings is 1. The molecule has 0 spiro atoms. The second-order valence-corrected chi connectivity index (χ2v) is 12.9. The normalized spacial score (nSPS) is 26.1. The van der Waals surface area contributed by atoms with E-state index in [4.69, 9.17) is 14.2 Å². The second kappa shape index (κ2) is 14.3. The molecule has 232 valence electrons. The van der Waals surface area contributed by atoms with Crippen molar-refractivity contribution in [2.24, 2.45) is 11.8 Å². The topological polar surface area (TPSA) is 80.9 Å². The molecule has 6 rings (SSSR count). The summed E-state index contributed by atoms with van der Waals surface area (Å²) in [4.78, 5) is 32.8. The first-order valence-electron chi connectivity index (χ1n) is 16.8. The molecule has 0 amide bonds. The Hall–Kier alpha value is -2.54. The smallest absolute Gasteiger partial charge is 0.319 e. The number of carbonyl (C=O) groups is 2. The molecule has 2 aromatic rings. The van der Waals surface area contributed by atoms with Crippen LogP contribution in [0, 0.1) is 11.8 Å². The van der Waals surface area contributed by atoms with Crippen LogP contribution in [-0.2, 0) is 30.9 Å². The molecule has 3 aliphatic heterocycles. The van der Waals surface area contributed by atoms with Gasteiger partial charge >= 0.3 is 11.9 Å². The predicted molar refractivity (Wildman–Crippen MR) is 166 cm³/mol. The van der Waals surface area contributed by atoms with Gasteiger partial charge in [-0.3, -0.25) is 14.5 Å². The van der Waals surface area contributed by atoms with Crippen molar-refractivity contribution in [1.29, 1.82) is 0 Å². The Morgan fingerprint density at radius 1 is 1.02 bits per heavy atom. The molecule has 1 aromatic carbocycles. The van der Waals surface area contributed by atoms with Gasteiger partial charge < -0.3 is 19.2 Å². The number of ether oxygens (including phenoxy) is 3. The second-order valence-electron chi connectivity index (χ2n) is 12.9. The van der Waals surface area contributed by atoms with E-state index in [1.807, 2.05) is 13.0 Å². The fourth-order valence-electron chi connectivity index (χ4n) is 8.36. The van der Waals surface area contributed by atoms with Crippen molar-refractivity contribution in [3.8, 4) is 5.75 Å². The minimum atomic E-state index is -0.736. The molecule has 4 heterocycles. The molecule has 4 aliphatic rings. The van der Waals surface area contributed by atoms with Crippen LogP contribution < -0.4 is 4.74 Å². The molecule has 7 nitrogen and oxygen atoms in total. The number of aromatic nitrogens is 1. The van der Waals surface area contributed by atoms with E-state index in [0.717, 1.165) is 74.0 Å². The van der Waals surface area contributed by atoms with Crippen LogP contribution >= 0.6 is 0 Å². The van der Waals surface area contributed by atoms with Gasteiger partial charge in [-0.1, -0.05) is 58.3 Å². The monoisotopic (exact) mass is 580 g/mol. The standard InChI is InChI=1S/C35H52N2O5/c1-4-6-7-8-9-10-11-12-13-14-31(38)42-20-18-26-21-25-23-35(34(39)41-5-2)32-28(17-19-37(24-25)33(26)35)29-22-27(40-3)15-16-30(29)36-32/h15-16,22,25-26,33,36H,4-14,17-21,23-24H2,1-3H3/t25-,26?,33?,35?/m0/s1. The quantitative estimate of drug-likeness (QED) is 0.169. The Morgan fingerprint density at radius 2 is 1.79 bits per heavy atom. The highest BCUT2D eigenvalue weighted by Gasteiger charge is 2.63. The molecule has 1 aromatic heterocycles. The minimum absolute atomic E-state index is 0.0359. The van der Waals surface area contributed by atoms with E-state index >= 15 is 0 Å². The van der Waals surface area contributed by atoms with Crippen molar-refractivity contribution >= 4 is 22.8 Å². The molecule has 42 heavy (non-hydrogen) atoms. The van der Waals surface area contributed by atoms with Gasteiger partial charge in [0.25, 0.3) is 0 Å². The van der Waals surface area contributed by atoms with Crippen LogP contribution in [0.5, 0.6) is 5.75 Å². The number of fused-ring (bicyclic) bond motifs is 4. The first-order chi connectivity index (χ1) is 20.5. The van der Waals surface area contributed by atoms with E-state index in [-0.39, 0.29) is 23.9 Å². The molecule has 1 N–H and O–H groups in total. The van der Waals surface area contributed by atoms with Gasteiger partial charge in [-0.05, 0) is 74.6 Å². The van der Waals surface area contributed by atoms with Crippen molar-refractivity contribution in [2.45, 2.75) is 115 Å². The van der Waals surface area contributed by atoms with Crippen molar-refractivity contribution in [3.05, 3.63) is 29.5 Å². The number of rotatable bonds is 16. The summed E-state index contributed by atoms with van der Waals surface area (Å²) in [5.74, 6) is 1.32. The molecule has 7 heteroatoms. The average molecular weight is 581 g/mol. The minimum Gasteiger partial charge on any atom is -0.497 e. The van der Waals surface area contributed by atoms with Crippen LogP contribution in [0.2, 0.25) is 0 Å². The number of carbonyl (C=O) groups excluding carboxylic acids is 2. The first-order valence-corrected chi connectivity index (χ1v) is 16.8. The highest BCUT2D eigenvalue weighted by Crippen LogP contribution is 2.55. The molecular weight excluding hydrogens is 528 g/mol. The lowest BCUT2D eigenvalue weighted by atomic mass is 9.56. The van der Waals surface area contributed by atoms with Crippen LogP contribution in [0.1, 0.15) is 109 Å². The number of piperidine rings is 2. The fourth-order valence-corrected chi connectivity index (χ4v) is 8.36. The van der Waals surface area contributed by atoms with Gasteiger partial charge in [-0.25, -0.2) is 0 Å². The summed E-state index contributed by atoms with van der Waals surface area (Å²) in [6, 6.07) is 6.16. The highest BCUT2D eigenvalue weighted by atomic mass is 16.5. The summed E-state index contributed by atoms with van der Waals surface area (Å²) < 4.78 is 17.2. The SMILES string of the molecule is CCCCCCCCCCCC(=O)OCCC1C[C@@H]2CN3CCc4c([nH]c5ccc(OC)cc45)C(C(=O)OCC)(C2)C13. The van der Waals surface area contributed by atoms with E-state index in [1.165, 1.54) is 50.5 Å². The third kappa shape index (κ3) is 6.36. The largest absolute Gasteiger partial charge is 0.497 e. The zero-order valence-corrected chi connectivity index (χ0v) is 26.2. The molecule has 4 bridgehead atoms. The number of methoxy groups -OCH3 is 1. The lowest BCUT2D eigenvalue weighted by Gasteiger charge is -2.58. The Bertz CT molecular complexity index is 1210. The molecule has 5 atom stereocenters. The lowest BCUT2D eigenvalue weighted by molar-refractivity contribution is -0.166. The Kier molecular flexibility index (Phi) is 10.5. The molecule has 2 saturated heterocycles. The van der Waals surface area contributed by atoms with Crippen LogP contribution in [0.3, 0.4) is 0 Å². The van der Waals surface area contributed by atoms with Crippen LogP contribution in [0.15, 0.2) is 18.2 Å². The van der Waals surface area contributed by atoms with Gasteiger partial charge in [-0.2, -0.15) is 0 Å². The molecule has 0 radical (unpaired) electrons. The third-order valence-corrected chi connectivity index (χ3v) is 10.2. The van der Waals surface area contributed by atoms with Gasteiger partial charge in [0.05, 0.1) is 20.3 Å². The zero-order chi connectivity index (χ0) is 29.5. The maximum absolute atomic E-state index is 14.0. The molecular formula is C35H52N2O5. The van der Waals surface area contributed by atoms with Crippen LogP contribution in [0.25, 0.3) is 10.9 Å². The van der Waals surface area contributed by atoms with Crippen LogP contribution in [0.4, 0.5) is 0 Å². The summed E-state index contributed by atoms with van der Waals surface area (Å²) in [5, 5.41) is 1.14. The van der Waals surface area contributed by atoms with E-state index in [1.54, 1.807) is 7.11 Å². The van der Waals surface area contributed by atoms with Gasteiger partial charge in [0.1, 0.15) is 11.2 Å². The van der Waals surface area contributed by atoms with E-state index < -0.39 is 5.41 Å². The number of esters is 2. The maximum atomic E-state index is 14.0. The van der Waals surface area contributed by atoms with E-state index in [2.05, 4.69) is 28.9 Å². The van der Waals surface area contributed by atoms with E-state index in [0.29, 0.717) is 25.6 Å². The third-order valence-electron chi connectivity index (χ3n) is 10.2. The molecule has 3 fully saturated rings. The Balaban J connectivity index is 1.23. The number of aromatic amines is 1. The number of unbranched alkanes of at least 4 members (excludes halogenated alkanes) is 8. The summed E-state index contributed by atoms with van der Waals surface area (Å²) in [6.07, 6.45) is 15.2. The Morgan fingerprint density at radius 3 is 2.52 bits per heavy atom. The summed E-state index contributed by atoms with van der Waals surface area (Å²) in [7, 11) is 1.69. The van der Waals surface area contributed by atoms with Gasteiger partial charge in [0.2, 0.25) is 0 Å². The molecule has 4 unspecified atom stereocenters. The van der Waals surface area contributed by atoms with Gasteiger partial charge in [0, 0.05) is 42.1 Å². The molecule has 1 saturated carbocycles. The molecule has 1 aliphatic carbocycles. The number of hydrogen-bond acceptors (Lipinski definition) is 6. The summed E-state index contributed by atoms with van der Waals surface area (Å²) >= 11 is 0. The van der Waals surface area contributed by atoms with Crippen molar-refractivity contribution in [1.82, 2.24) is 9.88 Å². The van der Waals surface area contributed by atoms with Crippen molar-refractivity contribution in [2.75, 3.05) is 33.4 Å². The van der Waals surface area contributed by atoms with Gasteiger partial charge in [-0.15, -0.1) is 0 Å². The van der Waals surface area contributed by atoms with Crippen molar-refractivity contribution < 1.29 is 23.8 Å². The Labute approximate surface area is 252 Å². The average Bonchev–Trinajstić information content (AvgIpc) is 3.32. The first kappa shape index (κ1) is 30.9. The van der Waals surface area contributed by atoms with E-state index in [9.17, 15) is 9.59 Å². The number of hydrogen-bond donors (Lipinski definition) is 1. The summed E-state index contributed by atoms with van der Waals surface area (Å²) in [5.41, 5.74) is 2.56. The number of nitrogens with one attached hydrogen (secondary N) is 1. The predicted octanol–water partition coefficient (Wildman–Crippen LogP) is 7.10. The van der Waals surface area contributed by atoms with Crippen molar-refractivity contribution in [3.63, 3.8) is 0 Å². The fraction of sp³-hybridized carbons (Fsp3) is 0.714.